The molecule has 1 fully saturated rings. The molecule has 1 saturated carbocycles. The van der Waals surface area contributed by atoms with Gasteiger partial charge in [-0.2, -0.15) is 11.8 Å². The number of hydrogen-bond donors (Lipinski definition) is 2. The van der Waals surface area contributed by atoms with Gasteiger partial charge in [0.15, 0.2) is 0 Å². The van der Waals surface area contributed by atoms with Gasteiger partial charge in [0.05, 0.1) is 0 Å². The van der Waals surface area contributed by atoms with Gasteiger partial charge in [0, 0.05) is 23.4 Å². The van der Waals surface area contributed by atoms with E-state index in [1.165, 1.54) is 25.7 Å². The van der Waals surface area contributed by atoms with E-state index in [-0.39, 0.29) is 0 Å². The highest BCUT2D eigenvalue weighted by Gasteiger charge is 2.19. The normalized spacial score (nSPS) is 25.9. The number of carboxylic acid groups (broad SMARTS) is 1. The molecule has 0 saturated heterocycles. The SMILES string of the molecule is CCC(=CCNC1CCC(SC)CC1)C(=O)O. The minimum absolute atomic E-state index is 0.510. The van der Waals surface area contributed by atoms with E-state index in [4.69, 9.17) is 5.11 Å². The summed E-state index contributed by atoms with van der Waals surface area (Å²) in [5.74, 6) is -0.791. The lowest BCUT2D eigenvalue weighted by molar-refractivity contribution is -0.132. The van der Waals surface area contributed by atoms with Gasteiger partial charge in [-0.25, -0.2) is 4.79 Å². The molecule has 0 atom stereocenters. The van der Waals surface area contributed by atoms with E-state index in [0.717, 1.165) is 5.25 Å². The summed E-state index contributed by atoms with van der Waals surface area (Å²) >= 11 is 1.97. The number of carbonyl (C=O) groups is 1. The first-order valence-electron chi connectivity index (χ1n) is 6.35. The maximum atomic E-state index is 10.8. The molecular formula is C13H23NO2S. The minimum Gasteiger partial charge on any atom is -0.478 e. The Labute approximate surface area is 108 Å². The maximum Gasteiger partial charge on any atom is 0.331 e. The number of carboxylic acids is 1. The average molecular weight is 257 g/mol. The molecule has 2 N–H and O–H groups in total. The average Bonchev–Trinajstić information content (AvgIpc) is 2.35. The maximum absolute atomic E-state index is 10.8. The molecule has 1 rings (SSSR count). The topological polar surface area (TPSA) is 49.3 Å². The summed E-state index contributed by atoms with van der Waals surface area (Å²) in [5, 5.41) is 13.1. The van der Waals surface area contributed by atoms with Crippen molar-refractivity contribution >= 4 is 17.7 Å². The van der Waals surface area contributed by atoms with Crippen molar-refractivity contribution in [3.05, 3.63) is 11.6 Å². The van der Waals surface area contributed by atoms with Gasteiger partial charge in [-0.15, -0.1) is 0 Å². The molecule has 1 aliphatic rings. The summed E-state index contributed by atoms with van der Waals surface area (Å²) in [6, 6.07) is 0.571. The highest BCUT2D eigenvalue weighted by Crippen LogP contribution is 2.26. The van der Waals surface area contributed by atoms with Gasteiger partial charge in [-0.1, -0.05) is 13.0 Å². The van der Waals surface area contributed by atoms with Gasteiger partial charge >= 0.3 is 5.97 Å². The van der Waals surface area contributed by atoms with Gasteiger partial charge in [0.1, 0.15) is 0 Å². The van der Waals surface area contributed by atoms with Gasteiger partial charge in [-0.3, -0.25) is 0 Å². The Morgan fingerprint density at radius 1 is 1.41 bits per heavy atom. The summed E-state index contributed by atoms with van der Waals surface area (Å²) in [6.45, 7) is 2.56. The van der Waals surface area contributed by atoms with Crippen LogP contribution in [0, 0.1) is 0 Å². The van der Waals surface area contributed by atoms with Crippen molar-refractivity contribution in [3.8, 4) is 0 Å². The van der Waals surface area contributed by atoms with Crippen molar-refractivity contribution < 1.29 is 9.90 Å². The second kappa shape index (κ2) is 7.77. The van der Waals surface area contributed by atoms with Crippen molar-refractivity contribution in [1.29, 1.82) is 0 Å². The first-order chi connectivity index (χ1) is 8.17. The molecule has 4 heteroatoms. The molecule has 0 spiro atoms. The van der Waals surface area contributed by atoms with E-state index in [0.29, 0.717) is 24.6 Å². The monoisotopic (exact) mass is 257 g/mol. The minimum atomic E-state index is -0.791. The van der Waals surface area contributed by atoms with Crippen LogP contribution in [0.4, 0.5) is 0 Å². The van der Waals surface area contributed by atoms with Crippen LogP contribution in [0.1, 0.15) is 39.0 Å². The second-order valence-electron chi connectivity index (χ2n) is 4.51. The van der Waals surface area contributed by atoms with Crippen molar-refractivity contribution in [3.63, 3.8) is 0 Å². The Morgan fingerprint density at radius 3 is 2.53 bits per heavy atom. The van der Waals surface area contributed by atoms with Crippen LogP contribution >= 0.6 is 11.8 Å². The molecule has 3 nitrogen and oxygen atoms in total. The predicted octanol–water partition coefficient (Wildman–Crippen LogP) is 2.67. The van der Waals surface area contributed by atoms with Crippen LogP contribution in [0.2, 0.25) is 0 Å². The van der Waals surface area contributed by atoms with E-state index in [2.05, 4.69) is 11.6 Å². The van der Waals surface area contributed by atoms with Crippen LogP contribution in [0.5, 0.6) is 0 Å². The molecule has 0 unspecified atom stereocenters. The van der Waals surface area contributed by atoms with Crippen LogP contribution in [-0.4, -0.2) is 35.2 Å². The highest BCUT2D eigenvalue weighted by molar-refractivity contribution is 7.99. The Hall–Kier alpha value is -0.480. The fraction of sp³-hybridized carbons (Fsp3) is 0.769. The van der Waals surface area contributed by atoms with Crippen LogP contribution in [0.15, 0.2) is 11.6 Å². The standard InChI is InChI=1S/C13H23NO2S/c1-3-10(13(15)16)8-9-14-11-4-6-12(17-2)7-5-11/h8,11-12,14H,3-7,9H2,1-2H3,(H,15,16). The van der Waals surface area contributed by atoms with Crippen molar-refractivity contribution in [2.45, 2.75) is 50.3 Å². The van der Waals surface area contributed by atoms with Gasteiger partial charge < -0.3 is 10.4 Å². The lowest BCUT2D eigenvalue weighted by atomic mass is 9.95. The second-order valence-corrected chi connectivity index (χ2v) is 5.64. The van der Waals surface area contributed by atoms with Crippen LogP contribution < -0.4 is 5.32 Å². The molecule has 0 aromatic heterocycles. The lowest BCUT2D eigenvalue weighted by Crippen LogP contribution is -2.34. The van der Waals surface area contributed by atoms with Crippen molar-refractivity contribution in [2.24, 2.45) is 0 Å². The van der Waals surface area contributed by atoms with E-state index in [1.807, 2.05) is 24.8 Å². The van der Waals surface area contributed by atoms with Crippen LogP contribution in [0.25, 0.3) is 0 Å². The van der Waals surface area contributed by atoms with E-state index in [1.54, 1.807) is 0 Å². The molecule has 0 bridgehead atoms. The van der Waals surface area contributed by atoms with Crippen LogP contribution in [0.3, 0.4) is 0 Å². The number of rotatable bonds is 6. The molecule has 0 radical (unpaired) electrons. The predicted molar refractivity (Wildman–Crippen MR) is 73.6 cm³/mol. The Morgan fingerprint density at radius 2 is 2.06 bits per heavy atom. The number of nitrogens with one attached hydrogen (secondary N) is 1. The first kappa shape index (κ1) is 14.6. The Kier molecular flexibility index (Phi) is 6.66. The number of thioether (sulfide) groups is 1. The first-order valence-corrected chi connectivity index (χ1v) is 7.64. The molecule has 0 heterocycles. The smallest absolute Gasteiger partial charge is 0.331 e. The quantitative estimate of drug-likeness (QED) is 0.718. The van der Waals surface area contributed by atoms with Gasteiger partial charge in [-0.05, 0) is 38.4 Å². The zero-order chi connectivity index (χ0) is 12.7. The van der Waals surface area contributed by atoms with Crippen molar-refractivity contribution in [1.82, 2.24) is 5.32 Å². The molecule has 98 valence electrons. The molecule has 0 aromatic carbocycles. The molecule has 17 heavy (non-hydrogen) atoms. The van der Waals surface area contributed by atoms with Gasteiger partial charge in [0.2, 0.25) is 0 Å². The molecule has 0 amide bonds. The number of hydrogen-bond acceptors (Lipinski definition) is 3. The van der Waals surface area contributed by atoms with Crippen LogP contribution in [-0.2, 0) is 4.79 Å². The largest absolute Gasteiger partial charge is 0.478 e. The summed E-state index contributed by atoms with van der Waals surface area (Å²) in [6.07, 6.45) is 9.58. The summed E-state index contributed by atoms with van der Waals surface area (Å²) in [4.78, 5) is 10.8. The molecule has 1 aliphatic carbocycles. The fourth-order valence-electron chi connectivity index (χ4n) is 2.23. The fourth-order valence-corrected chi connectivity index (χ4v) is 2.98. The van der Waals surface area contributed by atoms with E-state index < -0.39 is 5.97 Å². The van der Waals surface area contributed by atoms with Gasteiger partial charge in [0.25, 0.3) is 0 Å². The third kappa shape index (κ3) is 5.13. The molecule has 0 aromatic rings. The third-order valence-electron chi connectivity index (χ3n) is 3.42. The summed E-state index contributed by atoms with van der Waals surface area (Å²) < 4.78 is 0. The lowest BCUT2D eigenvalue weighted by Gasteiger charge is -2.27. The zero-order valence-corrected chi connectivity index (χ0v) is 11.6. The summed E-state index contributed by atoms with van der Waals surface area (Å²) in [7, 11) is 0. The Balaban J connectivity index is 2.25. The molecular weight excluding hydrogens is 234 g/mol. The van der Waals surface area contributed by atoms with Crippen molar-refractivity contribution in [2.75, 3.05) is 12.8 Å². The van der Waals surface area contributed by atoms with E-state index in [9.17, 15) is 4.79 Å². The highest BCUT2D eigenvalue weighted by atomic mass is 32.2. The third-order valence-corrected chi connectivity index (χ3v) is 4.56. The van der Waals surface area contributed by atoms with E-state index >= 15 is 0 Å². The molecule has 0 aliphatic heterocycles. The summed E-state index contributed by atoms with van der Waals surface area (Å²) in [5.41, 5.74) is 0.510. The number of aliphatic carboxylic acids is 1. The zero-order valence-electron chi connectivity index (χ0n) is 10.7. The Bertz CT molecular complexity index is 271.